The van der Waals surface area contributed by atoms with Crippen LogP contribution in [-0.2, 0) is 0 Å². The van der Waals surface area contributed by atoms with Gasteiger partial charge in [-0.3, -0.25) is 14.6 Å². The fourth-order valence-electron chi connectivity index (χ4n) is 3.42. The Labute approximate surface area is 195 Å². The molecule has 5 rings (SSSR count). The predicted octanol–water partition coefficient (Wildman–Crippen LogP) is 4.83. The minimum atomic E-state index is -0.293. The van der Waals surface area contributed by atoms with Crippen LogP contribution in [0.4, 0.5) is 11.5 Å². The van der Waals surface area contributed by atoms with Gasteiger partial charge in [0.05, 0.1) is 22.8 Å². The molecule has 0 saturated heterocycles. The van der Waals surface area contributed by atoms with Crippen LogP contribution in [0, 0.1) is 6.92 Å². The number of pyridine rings is 2. The molecule has 0 radical (unpaired) electrons. The lowest BCUT2D eigenvalue weighted by Gasteiger charge is -2.06. The smallest absolute Gasteiger partial charge is 0.258 e. The summed E-state index contributed by atoms with van der Waals surface area (Å²) in [6, 6.07) is 19.9. The van der Waals surface area contributed by atoms with Gasteiger partial charge < -0.3 is 15.6 Å². The highest BCUT2D eigenvalue weighted by Crippen LogP contribution is 2.23. The van der Waals surface area contributed by atoms with Crippen LogP contribution in [0.1, 0.15) is 26.3 Å². The van der Waals surface area contributed by atoms with Gasteiger partial charge in [-0.2, -0.15) is 0 Å². The average molecular weight is 448 g/mol. The first-order valence-electron chi connectivity index (χ1n) is 10.6. The fourth-order valence-corrected chi connectivity index (χ4v) is 3.42. The quantitative estimate of drug-likeness (QED) is 0.356. The second kappa shape index (κ2) is 8.95. The summed E-state index contributed by atoms with van der Waals surface area (Å²) in [7, 11) is 0. The van der Waals surface area contributed by atoms with Gasteiger partial charge in [0.15, 0.2) is 0 Å². The van der Waals surface area contributed by atoms with Gasteiger partial charge in [0, 0.05) is 35.3 Å². The largest absolute Gasteiger partial charge is 0.337 e. The summed E-state index contributed by atoms with van der Waals surface area (Å²) in [4.78, 5) is 40.9. The van der Waals surface area contributed by atoms with E-state index in [-0.39, 0.29) is 11.8 Å². The number of nitrogens with zero attached hydrogens (tertiary/aromatic N) is 3. The minimum Gasteiger partial charge on any atom is -0.337 e. The molecule has 3 heterocycles. The Kier molecular flexibility index (Phi) is 5.53. The number of amides is 2. The third-order valence-corrected chi connectivity index (χ3v) is 5.26. The molecule has 0 bridgehead atoms. The number of benzene rings is 2. The van der Waals surface area contributed by atoms with E-state index in [1.165, 1.54) is 6.20 Å². The van der Waals surface area contributed by atoms with Gasteiger partial charge >= 0.3 is 0 Å². The summed E-state index contributed by atoms with van der Waals surface area (Å²) < 4.78 is 0. The van der Waals surface area contributed by atoms with Crippen LogP contribution in [0.25, 0.3) is 22.4 Å². The van der Waals surface area contributed by atoms with Crippen molar-refractivity contribution in [3.63, 3.8) is 0 Å². The van der Waals surface area contributed by atoms with Crippen LogP contribution in [0.5, 0.6) is 0 Å². The number of nitrogens with one attached hydrogen (secondary N) is 3. The Morgan fingerprint density at radius 2 is 1.62 bits per heavy atom. The third-order valence-electron chi connectivity index (χ3n) is 5.26. The van der Waals surface area contributed by atoms with Gasteiger partial charge in [-0.05, 0) is 55.5 Å². The number of carbonyl (C=O) groups is 2. The summed E-state index contributed by atoms with van der Waals surface area (Å²) in [6.45, 7) is 1.98. The highest BCUT2D eigenvalue weighted by atomic mass is 16.2. The molecule has 8 heteroatoms. The molecule has 0 spiro atoms. The number of aromatic nitrogens is 4. The zero-order valence-electron chi connectivity index (χ0n) is 18.2. The predicted molar refractivity (Wildman–Crippen MR) is 131 cm³/mol. The molecular weight excluding hydrogens is 428 g/mol. The number of rotatable bonds is 5. The maximum Gasteiger partial charge on any atom is 0.258 e. The fraction of sp³-hybridized carbons (Fsp3) is 0.0385. The molecular formula is C26H20N6O2. The molecule has 0 aliphatic carbocycles. The van der Waals surface area contributed by atoms with Crippen LogP contribution in [0.2, 0.25) is 0 Å². The summed E-state index contributed by atoms with van der Waals surface area (Å²) in [5.41, 5.74) is 5.10. The Morgan fingerprint density at radius 3 is 2.35 bits per heavy atom. The maximum absolute atomic E-state index is 12.4. The summed E-state index contributed by atoms with van der Waals surface area (Å²) in [6.07, 6.45) is 4.73. The van der Waals surface area contributed by atoms with Gasteiger partial charge in [0.1, 0.15) is 11.6 Å². The molecule has 2 amide bonds. The molecule has 3 aromatic heterocycles. The number of fused-ring (bicyclic) bond motifs is 1. The van der Waals surface area contributed by atoms with Crippen molar-refractivity contribution in [3.05, 3.63) is 102 Å². The van der Waals surface area contributed by atoms with Gasteiger partial charge in [-0.25, -0.2) is 9.97 Å². The van der Waals surface area contributed by atoms with Crippen molar-refractivity contribution >= 4 is 34.4 Å². The average Bonchev–Trinajstić information content (AvgIpc) is 3.29. The van der Waals surface area contributed by atoms with E-state index in [0.29, 0.717) is 34.0 Å². The van der Waals surface area contributed by atoms with E-state index in [4.69, 9.17) is 0 Å². The number of hydrogen-bond donors (Lipinski definition) is 3. The molecule has 34 heavy (non-hydrogen) atoms. The van der Waals surface area contributed by atoms with E-state index in [1.54, 1.807) is 42.7 Å². The van der Waals surface area contributed by atoms with Crippen LogP contribution >= 0.6 is 0 Å². The van der Waals surface area contributed by atoms with Crippen molar-refractivity contribution in [1.29, 1.82) is 0 Å². The van der Waals surface area contributed by atoms with E-state index in [1.807, 2.05) is 43.3 Å². The van der Waals surface area contributed by atoms with E-state index in [2.05, 4.69) is 30.6 Å². The lowest BCUT2D eigenvalue weighted by Crippen LogP contribution is -2.12. The van der Waals surface area contributed by atoms with E-state index >= 15 is 0 Å². The normalized spacial score (nSPS) is 10.7. The number of carbonyl (C=O) groups excluding carboxylic acids is 2. The van der Waals surface area contributed by atoms with Crippen molar-refractivity contribution in [2.75, 3.05) is 10.6 Å². The van der Waals surface area contributed by atoms with Crippen LogP contribution in [0.15, 0.2) is 85.3 Å². The van der Waals surface area contributed by atoms with Gasteiger partial charge in [0.2, 0.25) is 0 Å². The molecule has 0 aliphatic rings. The minimum absolute atomic E-state index is 0.163. The standard InChI is InChI=1S/C26H20N6O2/c1-16-4-6-18(7-5-16)25(33)29-20-10-8-17(9-11-20)24-30-21-13-23(28-15-22(21)31-24)32-26(34)19-3-2-12-27-14-19/h2-15H,1H3,(H,29,33)(H,30,31)(H,28,32,34). The van der Waals surface area contributed by atoms with Crippen molar-refractivity contribution in [1.82, 2.24) is 19.9 Å². The van der Waals surface area contributed by atoms with Crippen molar-refractivity contribution in [2.45, 2.75) is 6.92 Å². The molecule has 0 fully saturated rings. The first-order valence-corrected chi connectivity index (χ1v) is 10.6. The number of anilines is 2. The monoisotopic (exact) mass is 448 g/mol. The second-order valence-electron chi connectivity index (χ2n) is 7.77. The Morgan fingerprint density at radius 1 is 0.853 bits per heavy atom. The summed E-state index contributed by atoms with van der Waals surface area (Å²) >= 11 is 0. The first kappa shape index (κ1) is 21.0. The number of aromatic amines is 1. The highest BCUT2D eigenvalue weighted by molar-refractivity contribution is 6.05. The molecule has 0 aliphatic heterocycles. The van der Waals surface area contributed by atoms with E-state index in [9.17, 15) is 9.59 Å². The topological polar surface area (TPSA) is 113 Å². The lowest BCUT2D eigenvalue weighted by atomic mass is 10.1. The molecule has 8 nitrogen and oxygen atoms in total. The van der Waals surface area contributed by atoms with E-state index in [0.717, 1.165) is 16.6 Å². The molecule has 5 aromatic rings. The summed E-state index contributed by atoms with van der Waals surface area (Å²) in [5.74, 6) is 0.597. The number of aryl methyl sites for hydroxylation is 1. The Hall–Kier alpha value is -4.85. The Balaban J connectivity index is 1.30. The van der Waals surface area contributed by atoms with E-state index < -0.39 is 0 Å². The van der Waals surface area contributed by atoms with Gasteiger partial charge in [-0.1, -0.05) is 17.7 Å². The summed E-state index contributed by atoms with van der Waals surface area (Å²) in [5, 5.41) is 5.66. The molecule has 0 unspecified atom stereocenters. The zero-order chi connectivity index (χ0) is 23.5. The number of hydrogen-bond acceptors (Lipinski definition) is 5. The van der Waals surface area contributed by atoms with Gasteiger partial charge in [0.25, 0.3) is 11.8 Å². The van der Waals surface area contributed by atoms with Crippen LogP contribution in [-0.4, -0.2) is 31.8 Å². The second-order valence-corrected chi connectivity index (χ2v) is 7.77. The van der Waals surface area contributed by atoms with Crippen LogP contribution < -0.4 is 10.6 Å². The molecule has 166 valence electrons. The molecule has 0 saturated carbocycles. The number of imidazole rings is 1. The molecule has 2 aromatic carbocycles. The van der Waals surface area contributed by atoms with Gasteiger partial charge in [-0.15, -0.1) is 0 Å². The zero-order valence-corrected chi connectivity index (χ0v) is 18.2. The first-order chi connectivity index (χ1) is 16.5. The SMILES string of the molecule is Cc1ccc(C(=O)Nc2ccc(-c3nc4cc(NC(=O)c5cccnc5)ncc4[nH]3)cc2)cc1. The number of H-pyrrole nitrogens is 1. The molecule has 3 N–H and O–H groups in total. The molecule has 0 atom stereocenters. The van der Waals surface area contributed by atoms with Crippen molar-refractivity contribution in [3.8, 4) is 11.4 Å². The Bertz CT molecular complexity index is 1480. The highest BCUT2D eigenvalue weighted by Gasteiger charge is 2.11. The third kappa shape index (κ3) is 4.51. The van der Waals surface area contributed by atoms with Crippen molar-refractivity contribution < 1.29 is 9.59 Å². The van der Waals surface area contributed by atoms with Crippen LogP contribution in [0.3, 0.4) is 0 Å². The lowest BCUT2D eigenvalue weighted by molar-refractivity contribution is 0.101. The van der Waals surface area contributed by atoms with Crippen molar-refractivity contribution in [2.24, 2.45) is 0 Å². The maximum atomic E-state index is 12.4.